The number of nitriles is 1. The summed E-state index contributed by atoms with van der Waals surface area (Å²) in [5.74, 6) is 0. The maximum Gasteiger partial charge on any atom is 0.227 e. The zero-order valence-corrected chi connectivity index (χ0v) is 8.77. The van der Waals surface area contributed by atoms with Gasteiger partial charge in [0.15, 0.2) is 0 Å². The van der Waals surface area contributed by atoms with Crippen molar-refractivity contribution in [3.63, 3.8) is 0 Å². The van der Waals surface area contributed by atoms with E-state index < -0.39 is 9.84 Å². The molecule has 2 aromatic rings. The Kier molecular flexibility index (Phi) is 2.42. The van der Waals surface area contributed by atoms with E-state index in [1.165, 1.54) is 24.3 Å². The van der Waals surface area contributed by atoms with E-state index in [1.54, 1.807) is 0 Å². The number of nitrogens with one attached hydrogen (secondary N) is 1. The van der Waals surface area contributed by atoms with Crippen LogP contribution in [0.5, 0.6) is 0 Å². The Bertz CT molecular complexity index is 623. The lowest BCUT2D eigenvalue weighted by atomic mass is 10.2. The molecule has 0 amide bonds. The van der Waals surface area contributed by atoms with Crippen molar-refractivity contribution in [1.29, 1.82) is 5.26 Å². The smallest absolute Gasteiger partial charge is 0.217 e. The lowest BCUT2D eigenvalue weighted by Gasteiger charge is -1.99. The first kappa shape index (κ1) is 10.3. The molecule has 80 valence electrons. The topological polar surface area (TPSA) is 99.5 Å². The predicted molar refractivity (Wildman–Crippen MR) is 53.0 cm³/mol. The molecule has 0 aliphatic heterocycles. The molecule has 0 saturated heterocycles. The number of aromatic amines is 1. The molecular weight excluding hydrogens is 228 g/mol. The van der Waals surface area contributed by atoms with Crippen LogP contribution < -0.4 is 0 Å². The van der Waals surface area contributed by atoms with Gasteiger partial charge in [-0.05, 0) is 24.3 Å². The molecule has 0 aliphatic carbocycles. The maximum atomic E-state index is 11.9. The monoisotopic (exact) mass is 234 g/mol. The van der Waals surface area contributed by atoms with Gasteiger partial charge in [-0.25, -0.2) is 8.42 Å². The van der Waals surface area contributed by atoms with Crippen molar-refractivity contribution in [2.75, 3.05) is 0 Å². The molecule has 0 bridgehead atoms. The predicted octanol–water partition coefficient (Wildman–Crippen LogP) is 0.509. The largest absolute Gasteiger partial charge is 0.227 e. The highest BCUT2D eigenvalue weighted by Crippen LogP contribution is 2.17. The van der Waals surface area contributed by atoms with Gasteiger partial charge in [-0.2, -0.15) is 15.6 Å². The molecule has 0 saturated carbocycles. The van der Waals surface area contributed by atoms with Crippen molar-refractivity contribution in [3.8, 4) is 6.07 Å². The second kappa shape index (κ2) is 3.75. The van der Waals surface area contributed by atoms with Crippen molar-refractivity contribution >= 4 is 9.84 Å². The Labute approximate surface area is 91.5 Å². The van der Waals surface area contributed by atoms with Gasteiger partial charge in [0.1, 0.15) is 0 Å². The molecule has 7 heteroatoms. The van der Waals surface area contributed by atoms with Crippen LogP contribution in [0.1, 0.15) is 5.56 Å². The van der Waals surface area contributed by atoms with Gasteiger partial charge >= 0.3 is 0 Å². The summed E-state index contributed by atoms with van der Waals surface area (Å²) in [6.45, 7) is 0. The third kappa shape index (κ3) is 1.66. The lowest BCUT2D eigenvalue weighted by molar-refractivity contribution is 0.592. The second-order valence-corrected chi connectivity index (χ2v) is 4.84. The number of aromatic nitrogens is 3. The van der Waals surface area contributed by atoms with E-state index in [4.69, 9.17) is 5.26 Å². The van der Waals surface area contributed by atoms with Gasteiger partial charge in [0, 0.05) is 0 Å². The Morgan fingerprint density at radius 2 is 1.94 bits per heavy atom. The molecule has 0 atom stereocenters. The summed E-state index contributed by atoms with van der Waals surface area (Å²) in [5, 5.41) is 17.6. The van der Waals surface area contributed by atoms with Crippen molar-refractivity contribution in [2.24, 2.45) is 0 Å². The third-order valence-corrected chi connectivity index (χ3v) is 3.60. The van der Waals surface area contributed by atoms with E-state index in [0.29, 0.717) is 5.56 Å². The minimum atomic E-state index is -3.63. The maximum absolute atomic E-state index is 11.9. The van der Waals surface area contributed by atoms with Gasteiger partial charge in [-0.1, -0.05) is 0 Å². The molecule has 1 aromatic carbocycles. The molecule has 1 N–H and O–H groups in total. The number of rotatable bonds is 2. The normalized spacial score (nSPS) is 10.9. The molecule has 0 spiro atoms. The van der Waals surface area contributed by atoms with Crippen LogP contribution in [-0.4, -0.2) is 23.8 Å². The first-order chi connectivity index (χ1) is 7.64. The van der Waals surface area contributed by atoms with Crippen LogP contribution in [-0.2, 0) is 9.84 Å². The Morgan fingerprint density at radius 1 is 1.25 bits per heavy atom. The summed E-state index contributed by atoms with van der Waals surface area (Å²) < 4.78 is 23.8. The lowest BCUT2D eigenvalue weighted by Crippen LogP contribution is -2.02. The van der Waals surface area contributed by atoms with Gasteiger partial charge in [0.2, 0.25) is 14.9 Å². The zero-order chi connectivity index (χ0) is 11.6. The van der Waals surface area contributed by atoms with Crippen LogP contribution in [0.2, 0.25) is 0 Å². The molecule has 0 radical (unpaired) electrons. The summed E-state index contributed by atoms with van der Waals surface area (Å²) in [6.07, 6.45) is 1.13. The van der Waals surface area contributed by atoms with E-state index in [2.05, 4.69) is 15.4 Å². The zero-order valence-electron chi connectivity index (χ0n) is 7.95. The van der Waals surface area contributed by atoms with Crippen LogP contribution >= 0.6 is 0 Å². The second-order valence-electron chi connectivity index (χ2n) is 2.95. The highest BCUT2D eigenvalue weighted by atomic mass is 32.2. The minimum Gasteiger partial charge on any atom is -0.217 e. The van der Waals surface area contributed by atoms with E-state index in [1.807, 2.05) is 6.07 Å². The Balaban J connectivity index is 2.49. The summed E-state index contributed by atoms with van der Waals surface area (Å²) in [5.41, 5.74) is 0.402. The molecule has 0 aliphatic rings. The first-order valence-corrected chi connectivity index (χ1v) is 5.74. The number of hydrogen-bond acceptors (Lipinski definition) is 5. The molecule has 0 unspecified atom stereocenters. The summed E-state index contributed by atoms with van der Waals surface area (Å²) in [6, 6.07) is 7.51. The third-order valence-electron chi connectivity index (χ3n) is 1.96. The summed E-state index contributed by atoms with van der Waals surface area (Å²) >= 11 is 0. The van der Waals surface area contributed by atoms with E-state index >= 15 is 0 Å². The van der Waals surface area contributed by atoms with Crippen LogP contribution in [0.3, 0.4) is 0 Å². The number of H-pyrrole nitrogens is 1. The SMILES string of the molecule is N#Cc1ccc(S(=O)(=O)c2cn[nH]n2)cc1. The molecule has 0 fully saturated rings. The van der Waals surface area contributed by atoms with Gasteiger partial charge in [-0.15, -0.1) is 5.10 Å². The van der Waals surface area contributed by atoms with Crippen LogP contribution in [0.15, 0.2) is 40.4 Å². The highest BCUT2D eigenvalue weighted by molar-refractivity contribution is 7.91. The van der Waals surface area contributed by atoms with Crippen molar-refractivity contribution in [3.05, 3.63) is 36.0 Å². The standard InChI is InChI=1S/C9H6N4O2S/c10-5-7-1-3-8(4-2-7)16(14,15)9-6-11-13-12-9/h1-4,6H,(H,11,12,13). The van der Waals surface area contributed by atoms with Gasteiger partial charge < -0.3 is 0 Å². The fourth-order valence-corrected chi connectivity index (χ4v) is 2.24. The average Bonchev–Trinajstić information content (AvgIpc) is 2.83. The van der Waals surface area contributed by atoms with Crippen molar-refractivity contribution < 1.29 is 8.42 Å². The van der Waals surface area contributed by atoms with Gasteiger partial charge in [0.25, 0.3) is 0 Å². The first-order valence-electron chi connectivity index (χ1n) is 4.25. The fourth-order valence-electron chi connectivity index (χ4n) is 1.15. The van der Waals surface area contributed by atoms with Crippen LogP contribution in [0.25, 0.3) is 0 Å². The fraction of sp³-hybridized carbons (Fsp3) is 0. The molecule has 1 heterocycles. The van der Waals surface area contributed by atoms with E-state index in [0.717, 1.165) is 6.20 Å². The number of hydrogen-bond donors (Lipinski definition) is 1. The quantitative estimate of drug-likeness (QED) is 0.816. The Hall–Kier alpha value is -2.20. The van der Waals surface area contributed by atoms with Crippen LogP contribution in [0.4, 0.5) is 0 Å². The summed E-state index contributed by atoms with van der Waals surface area (Å²) in [7, 11) is -3.63. The Morgan fingerprint density at radius 3 is 2.44 bits per heavy atom. The number of sulfone groups is 1. The average molecular weight is 234 g/mol. The molecule has 1 aromatic heterocycles. The molecule has 16 heavy (non-hydrogen) atoms. The van der Waals surface area contributed by atoms with Gasteiger partial charge in [-0.3, -0.25) is 0 Å². The number of benzene rings is 1. The minimum absolute atomic E-state index is 0.0837. The van der Waals surface area contributed by atoms with Crippen molar-refractivity contribution in [1.82, 2.24) is 15.4 Å². The number of nitrogens with zero attached hydrogens (tertiary/aromatic N) is 3. The summed E-state index contributed by atoms with van der Waals surface area (Å²) in [4.78, 5) is 0.0837. The van der Waals surface area contributed by atoms with Crippen LogP contribution in [0, 0.1) is 11.3 Å². The van der Waals surface area contributed by atoms with E-state index in [9.17, 15) is 8.42 Å². The molecular formula is C9H6N4O2S. The van der Waals surface area contributed by atoms with Gasteiger partial charge in [0.05, 0.1) is 22.7 Å². The molecule has 2 rings (SSSR count). The van der Waals surface area contributed by atoms with Crippen molar-refractivity contribution in [2.45, 2.75) is 9.92 Å². The van der Waals surface area contributed by atoms with E-state index in [-0.39, 0.29) is 9.92 Å². The highest BCUT2D eigenvalue weighted by Gasteiger charge is 2.20. The molecule has 6 nitrogen and oxygen atoms in total.